The summed E-state index contributed by atoms with van der Waals surface area (Å²) in [6.07, 6.45) is 11.4. The van der Waals surface area contributed by atoms with Gasteiger partial charge < -0.3 is 14.8 Å². The number of methoxy groups -OCH3 is 1. The average Bonchev–Trinajstić information content (AvgIpc) is 3.10. The molecule has 0 atom stereocenters. The number of aldehydes is 1. The molecule has 1 N–H and O–H groups in total. The van der Waals surface area contributed by atoms with Crippen LogP contribution in [0, 0.1) is 5.41 Å². The van der Waals surface area contributed by atoms with Crippen LogP contribution in [0.3, 0.4) is 0 Å². The molecule has 0 bridgehead atoms. The molecule has 0 aliphatic heterocycles. The summed E-state index contributed by atoms with van der Waals surface area (Å²) in [6.45, 7) is 1.99. The first-order valence-corrected chi connectivity index (χ1v) is 10.3. The van der Waals surface area contributed by atoms with Crippen LogP contribution in [0.25, 0.3) is 11.2 Å². The minimum Gasteiger partial charge on any atom is -0.480 e. The molecular formula is C22H24N6O2. The lowest BCUT2D eigenvalue weighted by molar-refractivity contribution is -0.119. The zero-order valence-electron chi connectivity index (χ0n) is 17.1. The van der Waals surface area contributed by atoms with Gasteiger partial charge in [-0.15, -0.1) is 10.2 Å². The van der Waals surface area contributed by atoms with Crippen LogP contribution in [-0.2, 0) is 11.2 Å². The van der Waals surface area contributed by atoms with Crippen molar-refractivity contribution in [3.8, 4) is 5.88 Å². The van der Waals surface area contributed by atoms with Crippen LogP contribution in [0.2, 0.25) is 0 Å². The first-order chi connectivity index (χ1) is 14.6. The number of ether oxygens (including phenoxy) is 1. The summed E-state index contributed by atoms with van der Waals surface area (Å²) in [5.41, 5.74) is 4.62. The summed E-state index contributed by atoms with van der Waals surface area (Å²) in [6, 6.07) is 4.21. The van der Waals surface area contributed by atoms with Gasteiger partial charge in [0.2, 0.25) is 11.8 Å². The monoisotopic (exact) mass is 404 g/mol. The smallest absolute Gasteiger partial charge is 0.226 e. The van der Waals surface area contributed by atoms with Crippen LogP contribution < -0.4 is 10.1 Å². The number of fused-ring (bicyclic) bond motifs is 2. The molecule has 154 valence electrons. The molecule has 1 fully saturated rings. The Balaban J connectivity index is 1.51. The lowest BCUT2D eigenvalue weighted by Crippen LogP contribution is -2.44. The van der Waals surface area contributed by atoms with Crippen LogP contribution in [0.15, 0.2) is 30.7 Å². The molecule has 5 rings (SSSR count). The van der Waals surface area contributed by atoms with Crippen molar-refractivity contribution in [2.24, 2.45) is 5.41 Å². The molecule has 3 aromatic heterocycles. The maximum atomic E-state index is 11.2. The topological polar surface area (TPSA) is 94.3 Å². The first kappa shape index (κ1) is 18.7. The van der Waals surface area contributed by atoms with E-state index in [4.69, 9.17) is 9.72 Å². The standard InChI is InChI=1S/C22H24N6O2/c1-22(12-29)9-15(10-22)24-21-25-17-6-4-3-5-16(19(17)20(26-21)30-2)14-7-8-18-27-23-13-28(18)11-14/h5,7-8,11-13,15H,3-4,6,9-10H2,1-2H3,(H,24,25,26). The van der Waals surface area contributed by atoms with Gasteiger partial charge in [-0.2, -0.15) is 4.98 Å². The van der Waals surface area contributed by atoms with Crippen molar-refractivity contribution in [3.63, 3.8) is 0 Å². The van der Waals surface area contributed by atoms with E-state index in [1.165, 1.54) is 0 Å². The van der Waals surface area contributed by atoms with Crippen molar-refractivity contribution >= 4 is 23.5 Å². The third-order valence-corrected chi connectivity index (χ3v) is 6.02. The molecule has 0 aromatic carbocycles. The number of allylic oxidation sites excluding steroid dienone is 1. The van der Waals surface area contributed by atoms with Crippen LogP contribution in [-0.4, -0.2) is 44.0 Å². The van der Waals surface area contributed by atoms with E-state index < -0.39 is 0 Å². The Morgan fingerprint density at radius 2 is 2.17 bits per heavy atom. The highest BCUT2D eigenvalue weighted by molar-refractivity contribution is 5.84. The van der Waals surface area contributed by atoms with Crippen LogP contribution >= 0.6 is 0 Å². The van der Waals surface area contributed by atoms with Gasteiger partial charge in [0.05, 0.1) is 18.4 Å². The molecular weight excluding hydrogens is 380 g/mol. The molecule has 0 unspecified atom stereocenters. The number of anilines is 1. The Hall–Kier alpha value is -3.29. The molecule has 0 spiro atoms. The lowest BCUT2D eigenvalue weighted by atomic mass is 9.68. The second-order valence-corrected chi connectivity index (χ2v) is 8.42. The van der Waals surface area contributed by atoms with Gasteiger partial charge in [0.15, 0.2) is 5.65 Å². The van der Waals surface area contributed by atoms with E-state index in [0.717, 1.165) is 66.4 Å². The highest BCUT2D eigenvalue weighted by Gasteiger charge is 2.40. The van der Waals surface area contributed by atoms with E-state index in [1.54, 1.807) is 13.4 Å². The number of pyridine rings is 1. The predicted octanol–water partition coefficient (Wildman–Crippen LogP) is 3.08. The summed E-state index contributed by atoms with van der Waals surface area (Å²) in [5.74, 6) is 1.14. The van der Waals surface area contributed by atoms with Crippen molar-refractivity contribution in [2.45, 2.75) is 45.1 Å². The number of carbonyl (C=O) groups is 1. The minimum absolute atomic E-state index is 0.208. The number of rotatable bonds is 5. The SMILES string of the molecule is COc1nc(NC2CC(C)(C=O)C2)nc2c1C(c1ccc3nncn3c1)=CCCC2. The van der Waals surface area contributed by atoms with E-state index in [9.17, 15) is 4.79 Å². The quantitative estimate of drug-likeness (QED) is 0.653. The number of hydrogen-bond donors (Lipinski definition) is 1. The maximum Gasteiger partial charge on any atom is 0.226 e. The normalized spacial score (nSPS) is 23.1. The molecule has 1 saturated carbocycles. The Morgan fingerprint density at radius 1 is 1.30 bits per heavy atom. The van der Waals surface area contributed by atoms with Gasteiger partial charge in [0, 0.05) is 17.7 Å². The summed E-state index contributed by atoms with van der Waals surface area (Å²) < 4.78 is 7.62. The van der Waals surface area contributed by atoms with Gasteiger partial charge in [0.25, 0.3) is 0 Å². The Bertz CT molecular complexity index is 1150. The fourth-order valence-corrected chi connectivity index (χ4v) is 4.46. The number of carbonyl (C=O) groups excluding carboxylic acids is 1. The zero-order valence-corrected chi connectivity index (χ0v) is 17.1. The van der Waals surface area contributed by atoms with Crippen molar-refractivity contribution in [1.82, 2.24) is 24.6 Å². The molecule has 2 aliphatic rings. The predicted molar refractivity (Wildman–Crippen MR) is 112 cm³/mol. The summed E-state index contributed by atoms with van der Waals surface area (Å²) in [5, 5.41) is 11.4. The molecule has 0 amide bonds. The van der Waals surface area contributed by atoms with E-state index >= 15 is 0 Å². The van der Waals surface area contributed by atoms with Gasteiger partial charge >= 0.3 is 0 Å². The second kappa shape index (κ2) is 7.19. The number of aryl methyl sites for hydroxylation is 1. The van der Waals surface area contributed by atoms with E-state index in [2.05, 4.69) is 26.6 Å². The average molecular weight is 404 g/mol. The van der Waals surface area contributed by atoms with Crippen LogP contribution in [0.1, 0.15) is 49.4 Å². The Morgan fingerprint density at radius 3 is 2.97 bits per heavy atom. The van der Waals surface area contributed by atoms with Gasteiger partial charge in [-0.3, -0.25) is 4.40 Å². The lowest BCUT2D eigenvalue weighted by Gasteiger charge is -2.41. The summed E-state index contributed by atoms with van der Waals surface area (Å²) in [7, 11) is 1.64. The molecule has 0 saturated heterocycles. The van der Waals surface area contributed by atoms with Crippen LogP contribution in [0.5, 0.6) is 5.88 Å². The summed E-state index contributed by atoms with van der Waals surface area (Å²) >= 11 is 0. The Kier molecular flexibility index (Phi) is 4.49. The number of hydrogen-bond acceptors (Lipinski definition) is 7. The maximum absolute atomic E-state index is 11.2. The molecule has 8 heteroatoms. The molecule has 30 heavy (non-hydrogen) atoms. The van der Waals surface area contributed by atoms with E-state index in [-0.39, 0.29) is 11.5 Å². The fourth-order valence-electron chi connectivity index (χ4n) is 4.46. The zero-order chi connectivity index (χ0) is 20.7. The molecule has 0 radical (unpaired) electrons. The molecule has 2 aliphatic carbocycles. The third-order valence-electron chi connectivity index (χ3n) is 6.02. The first-order valence-electron chi connectivity index (χ1n) is 10.3. The Labute approximate surface area is 174 Å². The van der Waals surface area contributed by atoms with E-state index in [1.807, 2.05) is 29.7 Å². The number of nitrogens with one attached hydrogen (secondary N) is 1. The minimum atomic E-state index is -0.232. The van der Waals surface area contributed by atoms with Gasteiger partial charge in [0.1, 0.15) is 12.6 Å². The van der Waals surface area contributed by atoms with Crippen molar-refractivity contribution in [1.29, 1.82) is 0 Å². The molecule has 3 aromatic rings. The number of aromatic nitrogens is 5. The van der Waals surface area contributed by atoms with Crippen LogP contribution in [0.4, 0.5) is 5.95 Å². The fraction of sp³-hybridized carbons (Fsp3) is 0.409. The largest absolute Gasteiger partial charge is 0.480 e. The second-order valence-electron chi connectivity index (χ2n) is 8.42. The summed E-state index contributed by atoms with van der Waals surface area (Å²) in [4.78, 5) is 20.7. The van der Waals surface area contributed by atoms with Crippen molar-refractivity contribution in [3.05, 3.63) is 47.6 Å². The third kappa shape index (κ3) is 3.22. The molecule has 8 nitrogen and oxygen atoms in total. The van der Waals surface area contributed by atoms with Crippen molar-refractivity contribution < 1.29 is 9.53 Å². The van der Waals surface area contributed by atoms with Crippen molar-refractivity contribution in [2.75, 3.05) is 12.4 Å². The van der Waals surface area contributed by atoms with E-state index in [0.29, 0.717) is 11.8 Å². The van der Waals surface area contributed by atoms with Gasteiger partial charge in [-0.05, 0) is 55.4 Å². The highest BCUT2D eigenvalue weighted by Crippen LogP contribution is 2.41. The number of nitrogens with zero attached hydrogens (tertiary/aromatic N) is 5. The van der Waals surface area contributed by atoms with Gasteiger partial charge in [-0.25, -0.2) is 4.98 Å². The molecule has 3 heterocycles. The highest BCUT2D eigenvalue weighted by atomic mass is 16.5. The van der Waals surface area contributed by atoms with Gasteiger partial charge in [-0.1, -0.05) is 13.0 Å².